The van der Waals surface area contributed by atoms with E-state index in [2.05, 4.69) is 12.2 Å². The Balaban J connectivity index is 1.48. The molecular formula is C17H24N2O3S. The number of benzene rings is 1. The Morgan fingerprint density at radius 2 is 2.00 bits per heavy atom. The predicted molar refractivity (Wildman–Crippen MR) is 87.3 cm³/mol. The van der Waals surface area contributed by atoms with E-state index in [-0.39, 0.29) is 10.9 Å². The van der Waals surface area contributed by atoms with E-state index < -0.39 is 10.0 Å². The maximum absolute atomic E-state index is 11.4. The maximum atomic E-state index is 11.4. The first-order valence-electron chi connectivity index (χ1n) is 8.42. The van der Waals surface area contributed by atoms with Crippen molar-refractivity contribution in [2.75, 3.05) is 6.61 Å². The Hall–Kier alpha value is -0.950. The number of fused-ring (bicyclic) bond motifs is 2. The predicted octanol–water partition coefficient (Wildman–Crippen LogP) is 1.94. The summed E-state index contributed by atoms with van der Waals surface area (Å²) in [5.41, 5.74) is 1.45. The van der Waals surface area contributed by atoms with Crippen molar-refractivity contribution in [2.45, 2.75) is 55.7 Å². The first kappa shape index (κ1) is 15.6. The summed E-state index contributed by atoms with van der Waals surface area (Å²) >= 11 is 0. The lowest BCUT2D eigenvalue weighted by molar-refractivity contribution is -0.178. The first-order valence-corrected chi connectivity index (χ1v) is 9.97. The molecule has 0 radical (unpaired) electrons. The van der Waals surface area contributed by atoms with Crippen molar-refractivity contribution in [3.63, 3.8) is 0 Å². The minimum atomic E-state index is -3.62. The smallest absolute Gasteiger partial charge is 0.238 e. The second kappa shape index (κ2) is 5.28. The fourth-order valence-corrected chi connectivity index (χ4v) is 5.32. The van der Waals surface area contributed by atoms with Crippen LogP contribution in [0.3, 0.4) is 0 Å². The van der Waals surface area contributed by atoms with Crippen LogP contribution in [0.5, 0.6) is 0 Å². The van der Waals surface area contributed by atoms with E-state index in [1.54, 1.807) is 12.1 Å². The van der Waals surface area contributed by atoms with Crippen LogP contribution in [-0.2, 0) is 14.8 Å². The van der Waals surface area contributed by atoms with Gasteiger partial charge in [0, 0.05) is 30.0 Å². The van der Waals surface area contributed by atoms with Crippen molar-refractivity contribution >= 4 is 10.0 Å². The van der Waals surface area contributed by atoms with Crippen LogP contribution in [0.1, 0.15) is 44.2 Å². The van der Waals surface area contributed by atoms with Crippen LogP contribution in [0.2, 0.25) is 0 Å². The molecule has 4 rings (SSSR count). The lowest BCUT2D eigenvalue weighted by Crippen LogP contribution is -2.71. The van der Waals surface area contributed by atoms with Crippen LogP contribution in [0.15, 0.2) is 29.2 Å². The molecule has 0 unspecified atom stereocenters. The fraction of sp³-hybridized carbons (Fsp3) is 0.647. The fourth-order valence-electron chi connectivity index (χ4n) is 4.81. The summed E-state index contributed by atoms with van der Waals surface area (Å²) in [5, 5.41) is 8.95. The number of nitrogens with two attached hydrogens (primary N) is 1. The van der Waals surface area contributed by atoms with Crippen LogP contribution in [0.4, 0.5) is 0 Å². The number of hydrogen-bond donors (Lipinski definition) is 2. The van der Waals surface area contributed by atoms with Crippen molar-refractivity contribution in [1.29, 1.82) is 0 Å². The SMILES string of the molecule is C[C@H](N[C@@H]1[C@@H]2CCO[C@@H]2C12CCC2)c1ccc(S(N)(=O)=O)cc1. The van der Waals surface area contributed by atoms with E-state index in [1.165, 1.54) is 19.3 Å². The molecule has 126 valence electrons. The highest BCUT2D eigenvalue weighted by Crippen LogP contribution is 2.63. The van der Waals surface area contributed by atoms with Gasteiger partial charge in [-0.1, -0.05) is 18.6 Å². The molecule has 23 heavy (non-hydrogen) atoms. The molecule has 2 saturated carbocycles. The van der Waals surface area contributed by atoms with Crippen molar-refractivity contribution in [3.8, 4) is 0 Å². The Kier molecular flexibility index (Phi) is 3.57. The standard InChI is InChI=1S/C17H24N2O3S/c1-11(12-3-5-13(6-4-12)23(18,20)21)19-15-14-7-10-22-16(14)17(15)8-2-9-17/h3-6,11,14-16,19H,2,7-10H2,1H3,(H2,18,20,21)/t11-,14-,15+,16-/m0/s1. The highest BCUT2D eigenvalue weighted by atomic mass is 32.2. The topological polar surface area (TPSA) is 81.4 Å². The molecule has 4 atom stereocenters. The maximum Gasteiger partial charge on any atom is 0.238 e. The third-order valence-electron chi connectivity index (χ3n) is 6.17. The molecule has 2 aliphatic carbocycles. The minimum Gasteiger partial charge on any atom is -0.377 e. The zero-order valence-corrected chi connectivity index (χ0v) is 14.2. The molecule has 5 nitrogen and oxygen atoms in total. The molecule has 1 aromatic rings. The quantitative estimate of drug-likeness (QED) is 0.880. The molecule has 1 heterocycles. The average Bonchev–Trinajstić information content (AvgIpc) is 2.87. The number of nitrogens with one attached hydrogen (secondary N) is 1. The average molecular weight is 336 g/mol. The summed E-state index contributed by atoms with van der Waals surface area (Å²) in [6.45, 7) is 3.04. The van der Waals surface area contributed by atoms with Gasteiger partial charge < -0.3 is 10.1 Å². The Morgan fingerprint density at radius 3 is 2.57 bits per heavy atom. The highest BCUT2D eigenvalue weighted by Gasteiger charge is 2.66. The number of hydrogen-bond acceptors (Lipinski definition) is 4. The van der Waals surface area contributed by atoms with Gasteiger partial charge in [-0.25, -0.2) is 13.6 Å². The van der Waals surface area contributed by atoms with E-state index in [4.69, 9.17) is 9.88 Å². The Labute approximate surface area is 137 Å². The summed E-state index contributed by atoms with van der Waals surface area (Å²) in [6, 6.07) is 7.59. The van der Waals surface area contributed by atoms with E-state index in [0.717, 1.165) is 18.6 Å². The van der Waals surface area contributed by atoms with Crippen LogP contribution in [0.25, 0.3) is 0 Å². The summed E-state index contributed by atoms with van der Waals surface area (Å²) in [7, 11) is -3.62. The van der Waals surface area contributed by atoms with Crippen molar-refractivity contribution < 1.29 is 13.2 Å². The van der Waals surface area contributed by atoms with E-state index in [1.807, 2.05) is 12.1 Å². The highest BCUT2D eigenvalue weighted by molar-refractivity contribution is 7.89. The minimum absolute atomic E-state index is 0.164. The number of rotatable bonds is 4. The van der Waals surface area contributed by atoms with Gasteiger partial charge in [-0.15, -0.1) is 0 Å². The van der Waals surface area contributed by atoms with Gasteiger partial charge in [0.15, 0.2) is 0 Å². The first-order chi connectivity index (χ1) is 10.9. The van der Waals surface area contributed by atoms with Gasteiger partial charge in [-0.05, 0) is 43.9 Å². The summed E-state index contributed by atoms with van der Waals surface area (Å²) in [4.78, 5) is 0.164. The normalized spacial score (nSPS) is 32.9. The lowest BCUT2D eigenvalue weighted by Gasteiger charge is -2.64. The lowest BCUT2D eigenvalue weighted by atomic mass is 9.46. The zero-order valence-electron chi connectivity index (χ0n) is 13.4. The molecule has 3 N–H and O–H groups in total. The van der Waals surface area contributed by atoms with Crippen LogP contribution >= 0.6 is 0 Å². The largest absolute Gasteiger partial charge is 0.377 e. The Morgan fingerprint density at radius 1 is 1.30 bits per heavy atom. The van der Waals surface area contributed by atoms with E-state index >= 15 is 0 Å². The molecule has 0 aromatic heterocycles. The Bertz CT molecular complexity index is 697. The third kappa shape index (κ3) is 2.35. The summed E-state index contributed by atoms with van der Waals surface area (Å²) in [6.07, 6.45) is 5.46. The van der Waals surface area contributed by atoms with Crippen molar-refractivity contribution in [1.82, 2.24) is 5.32 Å². The number of primary sulfonamides is 1. The molecule has 1 saturated heterocycles. The second-order valence-corrected chi connectivity index (χ2v) is 8.87. The molecular weight excluding hydrogens is 312 g/mol. The molecule has 3 fully saturated rings. The molecule has 0 amide bonds. The summed E-state index contributed by atoms with van der Waals surface area (Å²) in [5.74, 6) is 0.640. The summed E-state index contributed by atoms with van der Waals surface area (Å²) < 4.78 is 28.7. The van der Waals surface area contributed by atoms with E-state index in [9.17, 15) is 8.42 Å². The van der Waals surface area contributed by atoms with Gasteiger partial charge in [-0.3, -0.25) is 0 Å². The van der Waals surface area contributed by atoms with Crippen LogP contribution in [-0.4, -0.2) is 27.2 Å². The van der Waals surface area contributed by atoms with Gasteiger partial charge in [0.25, 0.3) is 0 Å². The molecule has 0 bridgehead atoms. The molecule has 6 heteroatoms. The van der Waals surface area contributed by atoms with Crippen molar-refractivity contribution in [3.05, 3.63) is 29.8 Å². The molecule has 1 aliphatic heterocycles. The number of sulfonamides is 1. The van der Waals surface area contributed by atoms with Gasteiger partial charge in [0.2, 0.25) is 10.0 Å². The van der Waals surface area contributed by atoms with Crippen LogP contribution in [0, 0.1) is 11.3 Å². The van der Waals surface area contributed by atoms with Gasteiger partial charge in [0.1, 0.15) is 0 Å². The van der Waals surface area contributed by atoms with Crippen molar-refractivity contribution in [2.24, 2.45) is 16.5 Å². The van der Waals surface area contributed by atoms with Gasteiger partial charge in [-0.2, -0.15) is 0 Å². The zero-order chi connectivity index (χ0) is 16.2. The monoisotopic (exact) mass is 336 g/mol. The van der Waals surface area contributed by atoms with Gasteiger partial charge >= 0.3 is 0 Å². The van der Waals surface area contributed by atoms with Gasteiger partial charge in [0.05, 0.1) is 11.0 Å². The van der Waals surface area contributed by atoms with Crippen LogP contribution < -0.4 is 10.5 Å². The second-order valence-electron chi connectivity index (χ2n) is 7.31. The number of ether oxygens (including phenoxy) is 1. The molecule has 3 aliphatic rings. The third-order valence-corrected chi connectivity index (χ3v) is 7.10. The molecule has 1 aromatic carbocycles. The molecule has 1 spiro atoms. The van der Waals surface area contributed by atoms with E-state index in [0.29, 0.717) is 23.5 Å².